The first-order chi connectivity index (χ1) is 45.0. The van der Waals surface area contributed by atoms with Gasteiger partial charge in [0.2, 0.25) is 0 Å². The van der Waals surface area contributed by atoms with Crippen LogP contribution in [0.2, 0.25) is 0 Å². The van der Waals surface area contributed by atoms with Crippen molar-refractivity contribution >= 4 is 112 Å². The predicted molar refractivity (Wildman–Crippen MR) is 403 cm³/mol. The lowest BCUT2D eigenvalue weighted by atomic mass is 9.79. The van der Waals surface area contributed by atoms with Gasteiger partial charge in [-0.2, -0.15) is 0 Å². The maximum atomic E-state index is 7.88. The van der Waals surface area contributed by atoms with E-state index < -0.39 is 0 Å². The van der Waals surface area contributed by atoms with Crippen LogP contribution in [0.3, 0.4) is 0 Å². The molecule has 0 spiro atoms. The molecule has 0 aliphatic rings. The minimum Gasteiger partial charge on any atom is -0.309 e. The van der Waals surface area contributed by atoms with Crippen molar-refractivity contribution in [2.45, 2.75) is 105 Å². The third-order valence-electron chi connectivity index (χ3n) is 19.2. The van der Waals surface area contributed by atoms with Crippen molar-refractivity contribution in [2.75, 3.05) is 0 Å². The lowest BCUT2D eigenvalue weighted by Crippen LogP contribution is -2.17. The van der Waals surface area contributed by atoms with Gasteiger partial charge in [0.15, 0.2) is 23.2 Å². The van der Waals surface area contributed by atoms with Crippen molar-refractivity contribution < 1.29 is 0 Å². The van der Waals surface area contributed by atoms with Gasteiger partial charge in [0.25, 0.3) is 0 Å². The Labute approximate surface area is 557 Å². The summed E-state index contributed by atoms with van der Waals surface area (Å²) in [6.07, 6.45) is 0. The van der Waals surface area contributed by atoms with Crippen molar-refractivity contribution in [2.24, 2.45) is 0 Å². The molecule has 6 nitrogen and oxygen atoms in total. The largest absolute Gasteiger partial charge is 0.309 e. The molecule has 0 radical (unpaired) electrons. The van der Waals surface area contributed by atoms with Crippen LogP contribution in [-0.2, 0) is 21.7 Å². The quantitative estimate of drug-likeness (QED) is 0.149. The van der Waals surface area contributed by atoms with Gasteiger partial charge in [-0.15, -0.1) is 22.7 Å². The first-order valence-electron chi connectivity index (χ1n) is 32.6. The summed E-state index contributed by atoms with van der Waals surface area (Å²) >= 11 is 3.74. The van der Waals surface area contributed by atoms with E-state index in [0.29, 0.717) is 23.2 Å². The minimum atomic E-state index is -0.146. The molecule has 94 heavy (non-hydrogen) atoms. The van der Waals surface area contributed by atoms with E-state index in [1.807, 2.05) is 34.8 Å². The second-order valence-corrected chi connectivity index (χ2v) is 31.7. The van der Waals surface area contributed by atoms with Crippen LogP contribution in [0.25, 0.3) is 157 Å². The second kappa shape index (κ2) is 21.5. The topological polar surface area (TPSA) is 52.9 Å². The van der Waals surface area contributed by atoms with Gasteiger partial charge >= 0.3 is 0 Å². The monoisotopic (exact) mass is 1250 g/mol. The van der Waals surface area contributed by atoms with Crippen molar-refractivity contribution in [1.29, 1.82) is 0 Å². The molecule has 0 atom stereocenters. The van der Waals surface area contributed by atoms with Crippen LogP contribution < -0.4 is 0 Å². The summed E-state index contributed by atoms with van der Waals surface area (Å²) in [5.41, 5.74) is 18.3. The number of fused-ring (bicyclic) bond motifs is 14. The maximum absolute atomic E-state index is 7.88. The van der Waals surface area contributed by atoms with Gasteiger partial charge in [-0.05, 0) is 140 Å². The molecule has 16 aromatic rings. The fourth-order valence-electron chi connectivity index (χ4n) is 13.9. The van der Waals surface area contributed by atoms with Crippen LogP contribution >= 0.6 is 22.7 Å². The Balaban J connectivity index is 1.04. The Morgan fingerprint density at radius 3 is 1.18 bits per heavy atom. The molecule has 0 saturated heterocycles. The molecule has 5 aromatic heterocycles. The van der Waals surface area contributed by atoms with Gasteiger partial charge in [-0.25, -0.2) is 19.8 Å². The molecular weight excluding hydrogens is 1180 g/mol. The lowest BCUT2D eigenvalue weighted by molar-refractivity contribution is 0.568. The van der Waals surface area contributed by atoms with Crippen LogP contribution in [0.5, 0.6) is 0 Å². The number of rotatable bonds is 7. The third-order valence-corrected chi connectivity index (χ3v) is 21.6. The molecule has 0 aliphatic heterocycles. The predicted octanol–water partition coefficient (Wildman–Crippen LogP) is 24.9. The molecule has 0 saturated carbocycles. The molecule has 0 aliphatic carbocycles. The summed E-state index contributed by atoms with van der Waals surface area (Å²) in [7, 11) is 0. The fourth-order valence-corrected chi connectivity index (χ4v) is 16.5. The highest BCUT2D eigenvalue weighted by Crippen LogP contribution is 2.49. The molecule has 8 heteroatoms. The SMILES string of the molecule is [C-]#[N+]c1ccc(-c2ccc(-c3cc(-c4nc(-c5cc(C(C)(C)C)cc(C(C)(C)C)c5)nc(-c5cc(C(C)(C)C)cc(C(C)(C)C)c5)n4)ccc3-n3c4ccccc4c4c5sc6ccccc6c5ccc43)c(-n3c4ccccc4c4c5sc6ccccc6c5ccc43)c2)cc1. The Bertz CT molecular complexity index is 5690. The van der Waals surface area contributed by atoms with E-state index in [9.17, 15) is 0 Å². The number of thiophene rings is 2. The van der Waals surface area contributed by atoms with E-state index >= 15 is 0 Å². The van der Waals surface area contributed by atoms with Gasteiger partial charge in [0.1, 0.15) is 0 Å². The first kappa shape index (κ1) is 59.0. The number of benzene rings is 11. The van der Waals surface area contributed by atoms with E-state index in [4.69, 9.17) is 21.5 Å². The van der Waals surface area contributed by atoms with E-state index in [0.717, 1.165) is 72.4 Å². The van der Waals surface area contributed by atoms with Crippen LogP contribution in [0, 0.1) is 6.57 Å². The van der Waals surface area contributed by atoms with Crippen LogP contribution in [-0.4, -0.2) is 24.1 Å². The molecule has 0 amide bonds. The van der Waals surface area contributed by atoms with Gasteiger partial charge in [0.05, 0.1) is 40.0 Å². The van der Waals surface area contributed by atoms with Gasteiger partial charge in [0, 0.05) is 89.7 Å². The number of nitrogens with zero attached hydrogens (tertiary/aromatic N) is 6. The average Bonchev–Trinajstić information content (AvgIpc) is 1.59. The summed E-state index contributed by atoms with van der Waals surface area (Å²) in [5, 5.41) is 9.93. The van der Waals surface area contributed by atoms with Crippen molar-refractivity contribution in [1.82, 2.24) is 24.1 Å². The van der Waals surface area contributed by atoms with Crippen molar-refractivity contribution in [3.05, 3.63) is 252 Å². The zero-order valence-corrected chi connectivity index (χ0v) is 56.9. The highest BCUT2D eigenvalue weighted by atomic mass is 32.1. The van der Waals surface area contributed by atoms with Crippen LogP contribution in [0.1, 0.15) is 105 Å². The standard InChI is InChI=1S/C86H72N6S2/c1-83(2,3)55-42-53(43-56(48-55)84(4,5)6)81-88-80(89-82(90-81)54-44-57(85(7,8)9)49-58(45-54)86(10,11)12)52-33-39-70(91-68-26-18-14-24-65(68)76-71(91)40-37-63-61-22-16-20-28-74(61)93-78(63)76)67(46-52)60-36-32-51(50-30-34-59(87-13)35-31-50)47-73(60)92-69-27-19-15-25-66(69)77-72(92)41-38-64-62-23-17-21-29-75(62)94-79(64)77/h14-49H,1-12H3. The van der Waals surface area contributed by atoms with Crippen molar-refractivity contribution in [3.8, 4) is 67.8 Å². The molecule has 0 fully saturated rings. The normalized spacial score (nSPS) is 12.7. The summed E-state index contributed by atoms with van der Waals surface area (Å²) in [6, 6.07) is 80.6. The second-order valence-electron chi connectivity index (χ2n) is 29.6. The summed E-state index contributed by atoms with van der Waals surface area (Å²) in [5.74, 6) is 1.84. The molecule has 0 N–H and O–H groups in total. The maximum Gasteiger partial charge on any atom is 0.187 e. The molecule has 16 rings (SSSR count). The van der Waals surface area contributed by atoms with E-state index in [1.54, 1.807) is 0 Å². The summed E-state index contributed by atoms with van der Waals surface area (Å²) in [4.78, 5) is 20.8. The number of aromatic nitrogens is 5. The van der Waals surface area contributed by atoms with Gasteiger partial charge < -0.3 is 9.13 Å². The minimum absolute atomic E-state index is 0.146. The number of hydrogen-bond donors (Lipinski definition) is 0. The van der Waals surface area contributed by atoms with Gasteiger partial charge in [-0.3, -0.25) is 0 Å². The van der Waals surface area contributed by atoms with E-state index in [-0.39, 0.29) is 21.7 Å². The Kier molecular flexibility index (Phi) is 13.5. The lowest BCUT2D eigenvalue weighted by Gasteiger charge is -2.26. The zero-order valence-electron chi connectivity index (χ0n) is 55.3. The third kappa shape index (κ3) is 9.81. The molecule has 0 unspecified atom stereocenters. The Morgan fingerprint density at radius 1 is 0.319 bits per heavy atom. The summed E-state index contributed by atoms with van der Waals surface area (Å²) < 4.78 is 10.1. The Morgan fingerprint density at radius 2 is 0.723 bits per heavy atom. The zero-order chi connectivity index (χ0) is 64.9. The molecule has 458 valence electrons. The average molecular weight is 1250 g/mol. The number of para-hydroxylation sites is 2. The highest BCUT2D eigenvalue weighted by Gasteiger charge is 2.29. The molecule has 0 bridgehead atoms. The first-order valence-corrected chi connectivity index (χ1v) is 34.2. The fraction of sp³-hybridized carbons (Fsp3) is 0.186. The Hall–Kier alpha value is -10.0. The molecular formula is C86H72N6S2. The van der Waals surface area contributed by atoms with Crippen molar-refractivity contribution in [3.63, 3.8) is 0 Å². The number of hydrogen-bond acceptors (Lipinski definition) is 5. The molecule has 11 aromatic carbocycles. The van der Waals surface area contributed by atoms with E-state index in [1.165, 1.54) is 84.1 Å². The van der Waals surface area contributed by atoms with Gasteiger partial charge in [-0.1, -0.05) is 217 Å². The van der Waals surface area contributed by atoms with E-state index in [2.05, 4.69) is 303 Å². The molecule has 5 heterocycles. The smallest absolute Gasteiger partial charge is 0.187 e. The van der Waals surface area contributed by atoms with Crippen LogP contribution in [0.4, 0.5) is 5.69 Å². The summed E-state index contributed by atoms with van der Waals surface area (Å²) in [6.45, 7) is 35.3. The van der Waals surface area contributed by atoms with Crippen LogP contribution in [0.15, 0.2) is 218 Å². The highest BCUT2D eigenvalue weighted by molar-refractivity contribution is 7.27.